The first-order valence-electron chi connectivity index (χ1n) is 9.61. The minimum Gasteiger partial charge on any atom is -0.467 e. The van der Waals surface area contributed by atoms with Gasteiger partial charge in [-0.3, -0.25) is 4.79 Å². The molecule has 2 atom stereocenters. The zero-order chi connectivity index (χ0) is 18.5. The van der Waals surface area contributed by atoms with Gasteiger partial charge in [-0.15, -0.1) is 0 Å². The minimum absolute atomic E-state index is 0.0444. The number of fused-ring (bicyclic) bond motifs is 1. The van der Waals surface area contributed by atoms with Crippen LogP contribution in [0.25, 0.3) is 10.9 Å². The summed E-state index contributed by atoms with van der Waals surface area (Å²) in [6.07, 6.45) is 5.87. The number of nitrogens with one attached hydrogen (secondary N) is 1. The number of hydrogen-bond donors (Lipinski definition) is 1. The van der Waals surface area contributed by atoms with Gasteiger partial charge in [-0.05, 0) is 37.3 Å². The van der Waals surface area contributed by atoms with E-state index in [4.69, 9.17) is 14.2 Å². The molecule has 2 aliphatic rings. The third-order valence-electron chi connectivity index (χ3n) is 5.27. The normalized spacial score (nSPS) is 23.0. The number of para-hydroxylation sites is 1. The first kappa shape index (κ1) is 18.1. The molecule has 4 rings (SSSR count). The molecule has 0 spiro atoms. The van der Waals surface area contributed by atoms with Crippen LogP contribution in [0.1, 0.15) is 25.7 Å². The predicted octanol–water partition coefficient (Wildman–Crippen LogP) is 2.10. The van der Waals surface area contributed by atoms with Crippen molar-refractivity contribution in [3.8, 4) is 5.88 Å². The van der Waals surface area contributed by atoms with Crippen molar-refractivity contribution in [3.63, 3.8) is 0 Å². The number of nitrogens with zero attached hydrogens (tertiary/aromatic N) is 2. The van der Waals surface area contributed by atoms with Crippen LogP contribution in [-0.2, 0) is 14.3 Å². The zero-order valence-corrected chi connectivity index (χ0v) is 15.3. The fraction of sp³-hybridized carbons (Fsp3) is 0.550. The van der Waals surface area contributed by atoms with Gasteiger partial charge < -0.3 is 19.5 Å². The van der Waals surface area contributed by atoms with Gasteiger partial charge in [0, 0.05) is 13.2 Å². The fourth-order valence-corrected chi connectivity index (χ4v) is 3.44. The lowest BCUT2D eigenvalue weighted by molar-refractivity contribution is -0.129. The van der Waals surface area contributed by atoms with Gasteiger partial charge in [0.2, 0.25) is 5.88 Å². The Morgan fingerprint density at radius 3 is 2.96 bits per heavy atom. The third-order valence-corrected chi connectivity index (χ3v) is 5.27. The van der Waals surface area contributed by atoms with Crippen molar-refractivity contribution in [1.29, 1.82) is 0 Å². The van der Waals surface area contributed by atoms with Gasteiger partial charge >= 0.3 is 0 Å². The number of amides is 1. The van der Waals surface area contributed by atoms with Crippen molar-refractivity contribution in [1.82, 2.24) is 15.3 Å². The van der Waals surface area contributed by atoms with Crippen LogP contribution in [0.15, 0.2) is 30.6 Å². The van der Waals surface area contributed by atoms with E-state index >= 15 is 0 Å². The molecule has 1 N–H and O–H groups in total. The Morgan fingerprint density at radius 2 is 2.11 bits per heavy atom. The third kappa shape index (κ3) is 4.54. The van der Waals surface area contributed by atoms with Gasteiger partial charge in [0.15, 0.2) is 6.61 Å². The quantitative estimate of drug-likeness (QED) is 0.803. The maximum absolute atomic E-state index is 12.4. The molecule has 1 aliphatic carbocycles. The van der Waals surface area contributed by atoms with Crippen LogP contribution in [0.5, 0.6) is 5.88 Å². The second-order valence-electron chi connectivity index (χ2n) is 7.19. The molecule has 7 heteroatoms. The van der Waals surface area contributed by atoms with E-state index in [9.17, 15) is 4.79 Å². The van der Waals surface area contributed by atoms with Gasteiger partial charge in [0.25, 0.3) is 5.91 Å². The Morgan fingerprint density at radius 1 is 1.22 bits per heavy atom. The summed E-state index contributed by atoms with van der Waals surface area (Å²) in [4.78, 5) is 20.7. The fourth-order valence-electron chi connectivity index (χ4n) is 3.44. The SMILES string of the molecule is O=C(COc1ncnc2ccccc12)N[C@@H]1CCOC[C@H]1OCC1CCC1. The van der Waals surface area contributed by atoms with Gasteiger partial charge in [-0.2, -0.15) is 0 Å². The van der Waals surface area contributed by atoms with Crippen LogP contribution in [0.2, 0.25) is 0 Å². The Kier molecular flexibility index (Phi) is 5.79. The van der Waals surface area contributed by atoms with Gasteiger partial charge in [0.05, 0.1) is 23.6 Å². The van der Waals surface area contributed by atoms with Crippen molar-refractivity contribution in [3.05, 3.63) is 30.6 Å². The Bertz CT molecular complexity index is 775. The molecule has 1 saturated heterocycles. The molecule has 0 radical (unpaired) electrons. The predicted molar refractivity (Wildman–Crippen MR) is 99.5 cm³/mol. The number of carbonyl (C=O) groups is 1. The molecular weight excluding hydrogens is 346 g/mol. The van der Waals surface area contributed by atoms with Gasteiger partial charge in [-0.1, -0.05) is 18.6 Å². The topological polar surface area (TPSA) is 82.6 Å². The van der Waals surface area contributed by atoms with Crippen LogP contribution in [0.4, 0.5) is 0 Å². The summed E-state index contributed by atoms with van der Waals surface area (Å²) in [6.45, 7) is 1.82. The summed E-state index contributed by atoms with van der Waals surface area (Å²) in [7, 11) is 0. The second kappa shape index (κ2) is 8.63. The van der Waals surface area contributed by atoms with Crippen molar-refractivity contribution < 1.29 is 19.0 Å². The van der Waals surface area contributed by atoms with Crippen LogP contribution >= 0.6 is 0 Å². The molecule has 2 fully saturated rings. The van der Waals surface area contributed by atoms with E-state index in [0.29, 0.717) is 25.0 Å². The molecule has 1 aromatic carbocycles. The summed E-state index contributed by atoms with van der Waals surface area (Å²) in [5, 5.41) is 3.83. The number of carbonyl (C=O) groups excluding carboxylic acids is 1. The summed E-state index contributed by atoms with van der Waals surface area (Å²) in [5.74, 6) is 0.903. The molecule has 1 amide bonds. The van der Waals surface area contributed by atoms with Crippen LogP contribution in [-0.4, -0.2) is 54.4 Å². The average molecular weight is 371 g/mol. The molecule has 27 heavy (non-hydrogen) atoms. The number of rotatable bonds is 7. The number of hydrogen-bond acceptors (Lipinski definition) is 6. The first-order chi connectivity index (χ1) is 13.3. The molecule has 0 unspecified atom stereocenters. The Balaban J connectivity index is 1.30. The molecule has 2 aromatic rings. The summed E-state index contributed by atoms with van der Waals surface area (Å²) >= 11 is 0. The van der Waals surface area contributed by atoms with E-state index in [1.54, 1.807) is 0 Å². The lowest BCUT2D eigenvalue weighted by Gasteiger charge is -2.34. The van der Waals surface area contributed by atoms with Crippen LogP contribution in [0.3, 0.4) is 0 Å². The number of ether oxygens (including phenoxy) is 3. The summed E-state index contributed by atoms with van der Waals surface area (Å²) in [5.41, 5.74) is 0.789. The molecule has 1 aromatic heterocycles. The molecule has 144 valence electrons. The minimum atomic E-state index is -0.179. The summed E-state index contributed by atoms with van der Waals surface area (Å²) in [6, 6.07) is 7.52. The Labute approximate surface area is 158 Å². The number of benzene rings is 1. The van der Waals surface area contributed by atoms with E-state index in [2.05, 4.69) is 15.3 Å². The highest BCUT2D eigenvalue weighted by Crippen LogP contribution is 2.27. The molecule has 1 saturated carbocycles. The molecule has 1 aliphatic heterocycles. The monoisotopic (exact) mass is 371 g/mol. The number of aromatic nitrogens is 2. The van der Waals surface area contributed by atoms with Crippen molar-refractivity contribution in [2.75, 3.05) is 26.4 Å². The molecule has 7 nitrogen and oxygen atoms in total. The molecular formula is C20H25N3O4. The van der Waals surface area contributed by atoms with E-state index < -0.39 is 0 Å². The highest BCUT2D eigenvalue weighted by atomic mass is 16.5. The average Bonchev–Trinajstić information content (AvgIpc) is 2.66. The van der Waals surface area contributed by atoms with E-state index in [1.165, 1.54) is 25.6 Å². The standard InChI is InChI=1S/C20H25N3O4/c24-19(12-27-20-15-6-1-2-7-16(15)21-13-22-20)23-17-8-9-25-11-18(17)26-10-14-4-3-5-14/h1-2,6-7,13-14,17-18H,3-5,8-12H2,(H,23,24)/t17-,18-/m1/s1. The highest BCUT2D eigenvalue weighted by Gasteiger charge is 2.29. The Hall–Kier alpha value is -2.25. The smallest absolute Gasteiger partial charge is 0.258 e. The van der Waals surface area contributed by atoms with Crippen molar-refractivity contribution >= 4 is 16.8 Å². The first-order valence-corrected chi connectivity index (χ1v) is 9.61. The van der Waals surface area contributed by atoms with Crippen molar-refractivity contribution in [2.45, 2.75) is 37.8 Å². The van der Waals surface area contributed by atoms with E-state index in [0.717, 1.165) is 23.9 Å². The maximum Gasteiger partial charge on any atom is 0.258 e. The van der Waals surface area contributed by atoms with Crippen LogP contribution in [0, 0.1) is 5.92 Å². The molecule has 0 bridgehead atoms. The summed E-state index contributed by atoms with van der Waals surface area (Å²) < 4.78 is 17.2. The zero-order valence-electron chi connectivity index (χ0n) is 15.3. The van der Waals surface area contributed by atoms with Crippen molar-refractivity contribution in [2.24, 2.45) is 5.92 Å². The lowest BCUT2D eigenvalue weighted by atomic mass is 9.86. The van der Waals surface area contributed by atoms with E-state index in [1.807, 2.05) is 24.3 Å². The lowest BCUT2D eigenvalue weighted by Crippen LogP contribution is -2.51. The second-order valence-corrected chi connectivity index (χ2v) is 7.19. The molecule has 2 heterocycles. The largest absolute Gasteiger partial charge is 0.467 e. The van der Waals surface area contributed by atoms with E-state index in [-0.39, 0.29) is 24.7 Å². The maximum atomic E-state index is 12.4. The highest BCUT2D eigenvalue weighted by molar-refractivity contribution is 5.84. The van der Waals surface area contributed by atoms with Crippen LogP contribution < -0.4 is 10.1 Å². The van der Waals surface area contributed by atoms with Gasteiger partial charge in [0.1, 0.15) is 12.4 Å². The van der Waals surface area contributed by atoms with Gasteiger partial charge in [-0.25, -0.2) is 9.97 Å².